The molecule has 0 saturated carbocycles. The van der Waals surface area contributed by atoms with Crippen LogP contribution in [0.5, 0.6) is 0 Å². The van der Waals surface area contributed by atoms with Crippen LogP contribution in [0, 0.1) is 0 Å². The second-order valence-corrected chi connectivity index (χ2v) is 24.7. The van der Waals surface area contributed by atoms with Crippen molar-refractivity contribution in [3.05, 3.63) is 97.2 Å². The van der Waals surface area contributed by atoms with Crippen LogP contribution < -0.4 is 0 Å². The number of aliphatic hydroxyl groups excluding tert-OH is 1. The third-order valence-electron chi connectivity index (χ3n) is 16.4. The van der Waals surface area contributed by atoms with E-state index in [0.717, 1.165) is 89.9 Å². The van der Waals surface area contributed by atoms with Gasteiger partial charge in [-0.05, 0) is 77.0 Å². The lowest BCUT2D eigenvalue weighted by Crippen LogP contribution is -2.28. The minimum Gasteiger partial charge on any atom is -0.462 e. The van der Waals surface area contributed by atoms with Gasteiger partial charge in [-0.2, -0.15) is 0 Å². The lowest BCUT2D eigenvalue weighted by Gasteiger charge is -2.15. The van der Waals surface area contributed by atoms with Gasteiger partial charge in [0.1, 0.15) is 6.61 Å². The summed E-state index contributed by atoms with van der Waals surface area (Å²) in [5, 5.41) is 9.71. The Bertz CT molecular complexity index is 1560. The molecule has 0 aromatic heterocycles. The first-order chi connectivity index (χ1) is 41.6. The molecule has 1 atom stereocenters. The average Bonchev–Trinajstić information content (AvgIpc) is 3.51. The topological polar surface area (TPSA) is 72.8 Å². The summed E-state index contributed by atoms with van der Waals surface area (Å²) >= 11 is 0. The number of allylic oxidation sites excluding steroid dienone is 16. The van der Waals surface area contributed by atoms with Gasteiger partial charge in [0.05, 0.1) is 6.61 Å². The summed E-state index contributed by atoms with van der Waals surface area (Å²) in [6.45, 7) is 4.08. The SMILES string of the molecule is CC/C=C\C/C=C\C/C=C\C/C=C\C/C=C\C/C=C\C/C=C\C/C=C\CCCCCCCCCCCCCCCCC(=O)OC(CO)COC(=O)CCCCCCCCCCCCCCCCCCCCCCCCCCCCCCCCC. The highest BCUT2D eigenvalue weighted by atomic mass is 16.6. The number of hydrogen-bond donors (Lipinski definition) is 1. The monoisotopic (exact) mass is 1170 g/mol. The van der Waals surface area contributed by atoms with Gasteiger partial charge in [-0.25, -0.2) is 0 Å². The van der Waals surface area contributed by atoms with Crippen LogP contribution in [-0.2, 0) is 19.1 Å². The quantitative estimate of drug-likeness (QED) is 0.0373. The van der Waals surface area contributed by atoms with Gasteiger partial charge in [0.25, 0.3) is 0 Å². The number of carbonyl (C=O) groups excluding carboxylic acids is 2. The molecule has 84 heavy (non-hydrogen) atoms. The summed E-state index contributed by atoms with van der Waals surface area (Å²) in [4.78, 5) is 24.7. The molecular weight excluding hydrogens is 1030 g/mol. The van der Waals surface area contributed by atoms with Crippen molar-refractivity contribution in [2.45, 2.75) is 380 Å². The molecule has 0 heterocycles. The molecule has 0 aromatic carbocycles. The minimum absolute atomic E-state index is 0.0642. The molecule has 0 rings (SSSR count). The fourth-order valence-electron chi connectivity index (χ4n) is 10.9. The molecule has 0 spiro atoms. The molecule has 1 unspecified atom stereocenters. The second-order valence-electron chi connectivity index (χ2n) is 24.7. The van der Waals surface area contributed by atoms with Gasteiger partial charge in [0.2, 0.25) is 0 Å². The van der Waals surface area contributed by atoms with Crippen LogP contribution in [0.3, 0.4) is 0 Å². The molecular formula is C79H140O5. The first-order valence-electron chi connectivity index (χ1n) is 36.8. The molecule has 0 amide bonds. The largest absolute Gasteiger partial charge is 0.462 e. The Morgan fingerprint density at radius 3 is 0.774 bits per heavy atom. The van der Waals surface area contributed by atoms with E-state index < -0.39 is 6.10 Å². The first kappa shape index (κ1) is 80.8. The van der Waals surface area contributed by atoms with Crippen LogP contribution in [0.15, 0.2) is 97.2 Å². The molecule has 0 radical (unpaired) electrons. The highest BCUT2D eigenvalue weighted by Gasteiger charge is 2.16. The highest BCUT2D eigenvalue weighted by Crippen LogP contribution is 2.19. The standard InChI is InChI=1S/C79H140O5/c1-3-5-7-9-11-13-15-17-19-21-23-25-27-29-31-33-35-36-37-38-39-40-41-42-44-46-48-50-52-54-56-58-60-62-64-66-68-70-72-74-79(82)84-77(75-80)76-83-78(81)73-71-69-67-65-63-61-59-57-55-53-51-49-47-45-43-34-32-30-28-26-24-22-20-18-16-14-12-10-8-6-4-2/h5,7,11,13,17,19,23,25,29,31,35-36,38-39,41-42,77,80H,3-4,6,8-10,12,14-16,18,20-22,24,26-28,30,32-34,37,40,43-76H2,1-2H3/b7-5-,13-11-,19-17-,25-23-,31-29-,36-35-,39-38-,42-41-. The molecule has 0 aliphatic rings. The van der Waals surface area contributed by atoms with Crippen molar-refractivity contribution in [1.29, 1.82) is 0 Å². The molecule has 5 heteroatoms. The van der Waals surface area contributed by atoms with Crippen LogP contribution in [0.2, 0.25) is 0 Å². The first-order valence-corrected chi connectivity index (χ1v) is 36.8. The molecule has 0 aromatic rings. The van der Waals surface area contributed by atoms with Gasteiger partial charge in [-0.3, -0.25) is 9.59 Å². The minimum atomic E-state index is -0.776. The summed E-state index contributed by atoms with van der Waals surface area (Å²) < 4.78 is 10.8. The van der Waals surface area contributed by atoms with Gasteiger partial charge in [-0.15, -0.1) is 0 Å². The molecule has 1 N–H and O–H groups in total. The zero-order valence-corrected chi connectivity index (χ0v) is 55.9. The smallest absolute Gasteiger partial charge is 0.306 e. The summed E-state index contributed by atoms with van der Waals surface area (Å²) in [5.74, 6) is -0.575. The van der Waals surface area contributed by atoms with Gasteiger partial charge >= 0.3 is 11.9 Å². The van der Waals surface area contributed by atoms with E-state index in [4.69, 9.17) is 9.47 Å². The molecule has 486 valence electrons. The number of unbranched alkanes of at least 4 members (excludes halogenated alkanes) is 44. The molecule has 0 aliphatic heterocycles. The number of ether oxygens (including phenoxy) is 2. The zero-order chi connectivity index (χ0) is 60.5. The normalized spacial score (nSPS) is 12.8. The summed E-state index contributed by atoms with van der Waals surface area (Å²) in [6, 6.07) is 0. The molecule has 0 saturated heterocycles. The van der Waals surface area contributed by atoms with Gasteiger partial charge in [-0.1, -0.05) is 381 Å². The summed E-state index contributed by atoms with van der Waals surface area (Å²) in [5.41, 5.74) is 0. The number of carbonyl (C=O) groups is 2. The van der Waals surface area contributed by atoms with E-state index in [9.17, 15) is 14.7 Å². The van der Waals surface area contributed by atoms with Crippen molar-refractivity contribution in [2.75, 3.05) is 13.2 Å². The van der Waals surface area contributed by atoms with Crippen LogP contribution >= 0.6 is 0 Å². The van der Waals surface area contributed by atoms with Crippen LogP contribution in [-0.4, -0.2) is 36.4 Å². The number of esters is 2. The van der Waals surface area contributed by atoms with Crippen molar-refractivity contribution >= 4 is 11.9 Å². The lowest BCUT2D eigenvalue weighted by atomic mass is 10.0. The van der Waals surface area contributed by atoms with Crippen molar-refractivity contribution < 1.29 is 24.2 Å². The van der Waals surface area contributed by atoms with Gasteiger partial charge in [0.15, 0.2) is 6.10 Å². The summed E-state index contributed by atoms with van der Waals surface area (Å²) in [6.07, 6.45) is 106. The van der Waals surface area contributed by atoms with E-state index in [2.05, 4.69) is 111 Å². The molecule has 0 aliphatic carbocycles. The fourth-order valence-corrected chi connectivity index (χ4v) is 10.9. The maximum atomic E-state index is 12.4. The third-order valence-corrected chi connectivity index (χ3v) is 16.4. The van der Waals surface area contributed by atoms with Crippen LogP contribution in [0.25, 0.3) is 0 Å². The van der Waals surface area contributed by atoms with E-state index in [-0.39, 0.29) is 25.2 Å². The van der Waals surface area contributed by atoms with E-state index in [0.29, 0.717) is 12.8 Å². The highest BCUT2D eigenvalue weighted by molar-refractivity contribution is 5.70. The van der Waals surface area contributed by atoms with Gasteiger partial charge < -0.3 is 14.6 Å². The number of aliphatic hydroxyl groups is 1. The maximum Gasteiger partial charge on any atom is 0.306 e. The Hall–Kier alpha value is -3.18. The van der Waals surface area contributed by atoms with Crippen molar-refractivity contribution in [3.8, 4) is 0 Å². The number of hydrogen-bond acceptors (Lipinski definition) is 5. The molecule has 5 nitrogen and oxygen atoms in total. The molecule has 0 bridgehead atoms. The Morgan fingerprint density at radius 2 is 0.512 bits per heavy atom. The Morgan fingerprint density at radius 1 is 0.286 bits per heavy atom. The zero-order valence-electron chi connectivity index (χ0n) is 55.9. The maximum absolute atomic E-state index is 12.4. The van der Waals surface area contributed by atoms with Crippen molar-refractivity contribution in [3.63, 3.8) is 0 Å². The second kappa shape index (κ2) is 74.1. The van der Waals surface area contributed by atoms with E-state index in [1.165, 1.54) is 257 Å². The van der Waals surface area contributed by atoms with Crippen LogP contribution in [0.4, 0.5) is 0 Å². The predicted molar refractivity (Wildman–Crippen MR) is 371 cm³/mol. The molecule has 0 fully saturated rings. The Balaban J connectivity index is 3.45. The summed E-state index contributed by atoms with van der Waals surface area (Å²) in [7, 11) is 0. The van der Waals surface area contributed by atoms with Gasteiger partial charge in [0, 0.05) is 12.8 Å². The van der Waals surface area contributed by atoms with E-state index >= 15 is 0 Å². The fraction of sp³-hybridized carbons (Fsp3) is 0.772. The van der Waals surface area contributed by atoms with Crippen molar-refractivity contribution in [1.82, 2.24) is 0 Å². The average molecular weight is 1170 g/mol. The Labute approximate surface area is 523 Å². The van der Waals surface area contributed by atoms with E-state index in [1.54, 1.807) is 0 Å². The predicted octanol–water partition coefficient (Wildman–Crippen LogP) is 25.8. The van der Waals surface area contributed by atoms with Crippen molar-refractivity contribution in [2.24, 2.45) is 0 Å². The third kappa shape index (κ3) is 71.3. The Kier molecular flexibility index (Phi) is 71.3. The van der Waals surface area contributed by atoms with Crippen LogP contribution in [0.1, 0.15) is 373 Å². The van der Waals surface area contributed by atoms with E-state index in [1.807, 2.05) is 0 Å². The lowest BCUT2D eigenvalue weighted by molar-refractivity contribution is -0.161. The number of rotatable bonds is 68.